The van der Waals surface area contributed by atoms with Crippen molar-refractivity contribution in [3.63, 3.8) is 0 Å². The number of ether oxygens (including phenoxy) is 2. The Bertz CT molecular complexity index is 494. The maximum Gasteiger partial charge on any atom is 0.127 e. The topological polar surface area (TPSA) is 56.3 Å². The summed E-state index contributed by atoms with van der Waals surface area (Å²) in [5.41, 5.74) is 1.82. The van der Waals surface area contributed by atoms with Gasteiger partial charge in [0.05, 0.1) is 31.5 Å². The molecule has 0 fully saturated rings. The normalized spacial score (nSPS) is 12.2. The minimum absolute atomic E-state index is 0.0881. The Kier molecular flexibility index (Phi) is 4.70. The molecular weight excluding hydrogens is 262 g/mol. The van der Waals surface area contributed by atoms with E-state index in [1.165, 1.54) is 11.5 Å². The molecule has 5 nitrogen and oxygen atoms in total. The van der Waals surface area contributed by atoms with Crippen molar-refractivity contribution in [3.05, 3.63) is 34.8 Å². The molecule has 0 spiro atoms. The van der Waals surface area contributed by atoms with Crippen molar-refractivity contribution in [1.82, 2.24) is 14.9 Å². The third kappa shape index (κ3) is 2.85. The zero-order valence-electron chi connectivity index (χ0n) is 11.2. The van der Waals surface area contributed by atoms with E-state index in [2.05, 4.69) is 21.8 Å². The third-order valence-electron chi connectivity index (χ3n) is 2.84. The van der Waals surface area contributed by atoms with Gasteiger partial charge in [-0.25, -0.2) is 0 Å². The summed E-state index contributed by atoms with van der Waals surface area (Å²) in [6.45, 7) is 2.86. The van der Waals surface area contributed by atoms with Crippen LogP contribution in [0.15, 0.2) is 23.6 Å². The Morgan fingerprint density at radius 1 is 1.26 bits per heavy atom. The standard InChI is InChI=1S/C13H17N3O2S/c1-4-14-13(9-8-19-16-15-9)12-10(17-2)6-5-7-11(12)18-3/h5-8,13-14H,4H2,1-3H3. The van der Waals surface area contributed by atoms with Gasteiger partial charge in [0.15, 0.2) is 0 Å². The van der Waals surface area contributed by atoms with Crippen LogP contribution in [0, 0.1) is 0 Å². The molecule has 1 unspecified atom stereocenters. The third-order valence-corrected chi connectivity index (χ3v) is 3.36. The van der Waals surface area contributed by atoms with Crippen LogP contribution in [0.1, 0.15) is 24.2 Å². The Balaban J connectivity index is 2.52. The van der Waals surface area contributed by atoms with E-state index in [0.717, 1.165) is 29.3 Å². The predicted molar refractivity (Wildman–Crippen MR) is 75.0 cm³/mol. The summed E-state index contributed by atoms with van der Waals surface area (Å²) in [4.78, 5) is 0. The van der Waals surface area contributed by atoms with Crippen molar-refractivity contribution in [2.75, 3.05) is 20.8 Å². The number of aromatic nitrogens is 2. The zero-order chi connectivity index (χ0) is 13.7. The van der Waals surface area contributed by atoms with Crippen LogP contribution in [0.25, 0.3) is 0 Å². The predicted octanol–water partition coefficient (Wildman–Crippen LogP) is 2.25. The average molecular weight is 279 g/mol. The number of methoxy groups -OCH3 is 2. The van der Waals surface area contributed by atoms with Gasteiger partial charge in [-0.15, -0.1) is 5.10 Å². The van der Waals surface area contributed by atoms with Crippen LogP contribution in [0.2, 0.25) is 0 Å². The highest BCUT2D eigenvalue weighted by Gasteiger charge is 2.23. The van der Waals surface area contributed by atoms with Gasteiger partial charge in [0, 0.05) is 5.38 Å². The highest BCUT2D eigenvalue weighted by Crippen LogP contribution is 2.36. The molecule has 1 N–H and O–H groups in total. The molecule has 1 aromatic heterocycles. The second-order valence-corrected chi connectivity index (χ2v) is 4.51. The highest BCUT2D eigenvalue weighted by atomic mass is 32.1. The summed E-state index contributed by atoms with van der Waals surface area (Å²) in [5.74, 6) is 1.55. The molecule has 0 amide bonds. The maximum atomic E-state index is 5.45. The summed E-state index contributed by atoms with van der Waals surface area (Å²) >= 11 is 1.33. The van der Waals surface area contributed by atoms with Gasteiger partial charge in [0.2, 0.25) is 0 Å². The molecule has 1 heterocycles. The van der Waals surface area contributed by atoms with E-state index < -0.39 is 0 Å². The number of rotatable bonds is 6. The molecule has 19 heavy (non-hydrogen) atoms. The molecule has 0 saturated heterocycles. The van der Waals surface area contributed by atoms with Crippen LogP contribution in [-0.2, 0) is 0 Å². The second kappa shape index (κ2) is 6.49. The number of nitrogens with one attached hydrogen (secondary N) is 1. The minimum Gasteiger partial charge on any atom is -0.496 e. The van der Waals surface area contributed by atoms with Crippen molar-refractivity contribution in [3.8, 4) is 11.5 Å². The summed E-state index contributed by atoms with van der Waals surface area (Å²) < 4.78 is 14.8. The van der Waals surface area contributed by atoms with Gasteiger partial charge in [-0.3, -0.25) is 0 Å². The molecule has 102 valence electrons. The first-order valence-electron chi connectivity index (χ1n) is 6.03. The van der Waals surface area contributed by atoms with Crippen LogP contribution >= 0.6 is 11.5 Å². The van der Waals surface area contributed by atoms with Crippen molar-refractivity contribution in [2.24, 2.45) is 0 Å². The first kappa shape index (κ1) is 13.8. The van der Waals surface area contributed by atoms with Gasteiger partial charge in [0.1, 0.15) is 11.5 Å². The fourth-order valence-electron chi connectivity index (χ4n) is 2.02. The van der Waals surface area contributed by atoms with Gasteiger partial charge < -0.3 is 14.8 Å². The molecule has 0 radical (unpaired) electrons. The summed E-state index contributed by atoms with van der Waals surface area (Å²) in [6, 6.07) is 5.66. The highest BCUT2D eigenvalue weighted by molar-refractivity contribution is 7.03. The number of hydrogen-bond donors (Lipinski definition) is 1. The average Bonchev–Trinajstić information content (AvgIpc) is 2.98. The summed E-state index contributed by atoms with van der Waals surface area (Å²) in [6.07, 6.45) is 0. The monoisotopic (exact) mass is 279 g/mol. The fraction of sp³-hybridized carbons (Fsp3) is 0.385. The number of nitrogens with zero attached hydrogens (tertiary/aromatic N) is 2. The first-order valence-corrected chi connectivity index (χ1v) is 6.86. The van der Waals surface area contributed by atoms with E-state index >= 15 is 0 Å². The van der Waals surface area contributed by atoms with E-state index in [0.29, 0.717) is 0 Å². The molecule has 0 bridgehead atoms. The van der Waals surface area contributed by atoms with E-state index in [1.54, 1.807) is 14.2 Å². The fourth-order valence-corrected chi connectivity index (χ4v) is 2.50. The number of benzene rings is 1. The first-order chi connectivity index (χ1) is 9.31. The van der Waals surface area contributed by atoms with Gasteiger partial charge >= 0.3 is 0 Å². The van der Waals surface area contributed by atoms with Crippen molar-refractivity contribution >= 4 is 11.5 Å². The van der Waals surface area contributed by atoms with Crippen LogP contribution in [-0.4, -0.2) is 30.4 Å². The van der Waals surface area contributed by atoms with Crippen molar-refractivity contribution < 1.29 is 9.47 Å². The molecule has 6 heteroatoms. The molecule has 2 rings (SSSR count). The lowest BCUT2D eigenvalue weighted by Crippen LogP contribution is -2.23. The lowest BCUT2D eigenvalue weighted by molar-refractivity contribution is 0.376. The lowest BCUT2D eigenvalue weighted by atomic mass is 10.0. The van der Waals surface area contributed by atoms with E-state index in [4.69, 9.17) is 9.47 Å². The van der Waals surface area contributed by atoms with E-state index in [9.17, 15) is 0 Å². The summed E-state index contributed by atoms with van der Waals surface area (Å²) in [5, 5.41) is 9.48. The van der Waals surface area contributed by atoms with Crippen LogP contribution in [0.5, 0.6) is 11.5 Å². The quantitative estimate of drug-likeness (QED) is 0.879. The Morgan fingerprint density at radius 3 is 2.42 bits per heavy atom. The largest absolute Gasteiger partial charge is 0.496 e. The minimum atomic E-state index is -0.0881. The van der Waals surface area contributed by atoms with Crippen LogP contribution < -0.4 is 14.8 Å². The van der Waals surface area contributed by atoms with Crippen molar-refractivity contribution in [2.45, 2.75) is 13.0 Å². The van der Waals surface area contributed by atoms with Crippen LogP contribution in [0.3, 0.4) is 0 Å². The Morgan fingerprint density at radius 2 is 1.95 bits per heavy atom. The van der Waals surface area contributed by atoms with E-state index in [1.807, 2.05) is 23.6 Å². The molecule has 1 aromatic carbocycles. The zero-order valence-corrected chi connectivity index (χ0v) is 12.0. The van der Waals surface area contributed by atoms with Crippen molar-refractivity contribution in [1.29, 1.82) is 0 Å². The van der Waals surface area contributed by atoms with Crippen LogP contribution in [0.4, 0.5) is 0 Å². The molecule has 0 aliphatic heterocycles. The molecule has 2 aromatic rings. The molecule has 0 saturated carbocycles. The van der Waals surface area contributed by atoms with Gasteiger partial charge in [-0.1, -0.05) is 17.5 Å². The number of hydrogen-bond acceptors (Lipinski definition) is 6. The van der Waals surface area contributed by atoms with E-state index in [-0.39, 0.29) is 6.04 Å². The lowest BCUT2D eigenvalue weighted by Gasteiger charge is -2.21. The Labute approximate surface area is 116 Å². The Hall–Kier alpha value is -1.66. The summed E-state index contributed by atoms with van der Waals surface area (Å²) in [7, 11) is 3.31. The second-order valence-electron chi connectivity index (χ2n) is 3.90. The van der Waals surface area contributed by atoms with Gasteiger partial charge in [-0.2, -0.15) is 0 Å². The maximum absolute atomic E-state index is 5.45. The molecule has 0 aliphatic rings. The molecule has 1 atom stereocenters. The SMILES string of the molecule is CCNC(c1csnn1)c1c(OC)cccc1OC. The molecule has 0 aliphatic carbocycles. The smallest absolute Gasteiger partial charge is 0.127 e. The molecular formula is C13H17N3O2S. The van der Waals surface area contributed by atoms with Gasteiger partial charge in [0.25, 0.3) is 0 Å². The van der Waals surface area contributed by atoms with Gasteiger partial charge in [-0.05, 0) is 30.2 Å².